The quantitative estimate of drug-likeness (QED) is 0.848. The van der Waals surface area contributed by atoms with Gasteiger partial charge in [0.15, 0.2) is 0 Å². The van der Waals surface area contributed by atoms with Gasteiger partial charge in [0.2, 0.25) is 5.91 Å². The van der Waals surface area contributed by atoms with Gasteiger partial charge >= 0.3 is 0 Å². The summed E-state index contributed by atoms with van der Waals surface area (Å²) in [6.45, 7) is 4.51. The third-order valence-electron chi connectivity index (χ3n) is 4.89. The largest absolute Gasteiger partial charge is 0.376 e. The van der Waals surface area contributed by atoms with E-state index < -0.39 is 0 Å². The molecular weight excluding hydrogens is 338 g/mol. The summed E-state index contributed by atoms with van der Waals surface area (Å²) in [5, 5.41) is 3.17. The molecule has 0 radical (unpaired) electrons. The second kappa shape index (κ2) is 9.21. The number of piperidine rings is 1. The van der Waals surface area contributed by atoms with Crippen LogP contribution in [0.5, 0.6) is 0 Å². The van der Waals surface area contributed by atoms with E-state index in [9.17, 15) is 9.59 Å². The smallest absolute Gasteiger partial charge is 0.258 e. The highest BCUT2D eigenvalue weighted by atomic mass is 16.2. The molecular formula is C22H27N3O2. The molecule has 0 aromatic heterocycles. The molecule has 5 nitrogen and oxygen atoms in total. The first-order chi connectivity index (χ1) is 13.2. The second-order valence-corrected chi connectivity index (χ2v) is 6.76. The highest BCUT2D eigenvalue weighted by Crippen LogP contribution is 2.19. The maximum atomic E-state index is 12.9. The molecule has 2 aromatic carbocycles. The van der Waals surface area contributed by atoms with Crippen molar-refractivity contribution >= 4 is 23.2 Å². The van der Waals surface area contributed by atoms with Gasteiger partial charge in [-0.05, 0) is 56.5 Å². The lowest BCUT2D eigenvalue weighted by Gasteiger charge is -2.27. The van der Waals surface area contributed by atoms with Crippen LogP contribution in [0.3, 0.4) is 0 Å². The predicted octanol–water partition coefficient (Wildman–Crippen LogP) is 3.78. The molecule has 1 heterocycles. The first kappa shape index (κ1) is 19.0. The average Bonchev–Trinajstić information content (AvgIpc) is 2.74. The van der Waals surface area contributed by atoms with Crippen LogP contribution in [0.15, 0.2) is 54.6 Å². The molecule has 0 saturated carbocycles. The van der Waals surface area contributed by atoms with E-state index in [1.165, 1.54) is 6.42 Å². The molecule has 1 fully saturated rings. The number of hydrogen-bond donors (Lipinski definition) is 1. The number of carbonyl (C=O) groups excluding carboxylic acids is 2. The van der Waals surface area contributed by atoms with Crippen LogP contribution in [-0.4, -0.2) is 42.9 Å². The van der Waals surface area contributed by atoms with Crippen molar-refractivity contribution in [2.24, 2.45) is 0 Å². The van der Waals surface area contributed by atoms with E-state index >= 15 is 0 Å². The fourth-order valence-electron chi connectivity index (χ4n) is 3.40. The number of rotatable bonds is 6. The minimum Gasteiger partial charge on any atom is -0.376 e. The Morgan fingerprint density at radius 3 is 2.44 bits per heavy atom. The zero-order valence-electron chi connectivity index (χ0n) is 15.9. The van der Waals surface area contributed by atoms with Crippen molar-refractivity contribution < 1.29 is 9.59 Å². The Morgan fingerprint density at radius 1 is 1.00 bits per heavy atom. The molecule has 1 saturated heterocycles. The molecule has 5 heteroatoms. The van der Waals surface area contributed by atoms with Crippen LogP contribution < -0.4 is 10.2 Å². The summed E-state index contributed by atoms with van der Waals surface area (Å²) in [7, 11) is 0. The van der Waals surface area contributed by atoms with Crippen LogP contribution in [0.25, 0.3) is 0 Å². The number of para-hydroxylation sites is 1. The van der Waals surface area contributed by atoms with Crippen LogP contribution in [0.2, 0.25) is 0 Å². The highest BCUT2D eigenvalue weighted by Gasteiger charge is 2.18. The summed E-state index contributed by atoms with van der Waals surface area (Å²) in [6, 6.07) is 17.0. The Morgan fingerprint density at radius 2 is 1.74 bits per heavy atom. The van der Waals surface area contributed by atoms with Gasteiger partial charge in [-0.25, -0.2) is 0 Å². The summed E-state index contributed by atoms with van der Waals surface area (Å²) in [6.07, 6.45) is 3.38. The third-order valence-corrected chi connectivity index (χ3v) is 4.89. The van der Waals surface area contributed by atoms with Crippen molar-refractivity contribution in [3.05, 3.63) is 60.2 Å². The SMILES string of the molecule is CCN(C(=O)c1cccc(NCC(=O)N2CCCCC2)c1)c1ccccc1. The van der Waals surface area contributed by atoms with Gasteiger partial charge in [-0.3, -0.25) is 9.59 Å². The number of likely N-dealkylation sites (tertiary alicyclic amines) is 1. The number of hydrogen-bond acceptors (Lipinski definition) is 3. The molecule has 142 valence electrons. The van der Waals surface area contributed by atoms with Crippen molar-refractivity contribution in [2.75, 3.05) is 36.4 Å². The average molecular weight is 365 g/mol. The van der Waals surface area contributed by atoms with Gasteiger partial charge in [-0.15, -0.1) is 0 Å². The zero-order valence-corrected chi connectivity index (χ0v) is 15.9. The Kier molecular flexibility index (Phi) is 6.47. The van der Waals surface area contributed by atoms with Gasteiger partial charge in [-0.1, -0.05) is 24.3 Å². The molecule has 2 amide bonds. The molecule has 3 rings (SSSR count). The topological polar surface area (TPSA) is 52.7 Å². The van der Waals surface area contributed by atoms with E-state index in [0.717, 1.165) is 37.3 Å². The van der Waals surface area contributed by atoms with E-state index in [0.29, 0.717) is 12.1 Å². The van der Waals surface area contributed by atoms with Crippen molar-refractivity contribution in [1.82, 2.24) is 4.90 Å². The Bertz CT molecular complexity index is 770. The first-order valence-electron chi connectivity index (χ1n) is 9.67. The number of benzene rings is 2. The third kappa shape index (κ3) is 4.88. The molecule has 1 aliphatic rings. The Balaban J connectivity index is 1.65. The molecule has 1 aliphatic heterocycles. The number of carbonyl (C=O) groups is 2. The van der Waals surface area contributed by atoms with Crippen molar-refractivity contribution in [2.45, 2.75) is 26.2 Å². The summed E-state index contributed by atoms with van der Waals surface area (Å²) in [5.41, 5.74) is 2.27. The van der Waals surface area contributed by atoms with Crippen molar-refractivity contribution in [3.63, 3.8) is 0 Å². The van der Waals surface area contributed by atoms with Gasteiger partial charge in [0.25, 0.3) is 5.91 Å². The van der Waals surface area contributed by atoms with E-state index in [1.54, 1.807) is 4.90 Å². The lowest BCUT2D eigenvalue weighted by Crippen LogP contribution is -2.39. The molecule has 27 heavy (non-hydrogen) atoms. The van der Waals surface area contributed by atoms with Gasteiger partial charge in [0.1, 0.15) is 0 Å². The molecule has 0 atom stereocenters. The zero-order chi connectivity index (χ0) is 19.1. The lowest BCUT2D eigenvalue weighted by atomic mass is 10.1. The van der Waals surface area contributed by atoms with E-state index in [1.807, 2.05) is 66.4 Å². The highest BCUT2D eigenvalue weighted by molar-refractivity contribution is 6.06. The molecule has 1 N–H and O–H groups in total. The first-order valence-corrected chi connectivity index (χ1v) is 9.67. The van der Waals surface area contributed by atoms with Gasteiger partial charge in [0, 0.05) is 36.6 Å². The van der Waals surface area contributed by atoms with Crippen LogP contribution in [0, 0.1) is 0 Å². The summed E-state index contributed by atoms with van der Waals surface area (Å²) >= 11 is 0. The Labute approximate surface area is 161 Å². The van der Waals surface area contributed by atoms with Crippen LogP contribution in [0.1, 0.15) is 36.5 Å². The van der Waals surface area contributed by atoms with E-state index in [-0.39, 0.29) is 18.4 Å². The number of anilines is 2. The maximum absolute atomic E-state index is 12.9. The van der Waals surface area contributed by atoms with Crippen molar-refractivity contribution in [3.8, 4) is 0 Å². The molecule has 0 aliphatic carbocycles. The van der Waals surface area contributed by atoms with Crippen LogP contribution in [0.4, 0.5) is 11.4 Å². The van der Waals surface area contributed by atoms with Gasteiger partial charge < -0.3 is 15.1 Å². The fraction of sp³-hybridized carbons (Fsp3) is 0.364. The van der Waals surface area contributed by atoms with Crippen molar-refractivity contribution in [1.29, 1.82) is 0 Å². The molecule has 0 spiro atoms. The minimum atomic E-state index is -0.0466. The minimum absolute atomic E-state index is 0.0466. The maximum Gasteiger partial charge on any atom is 0.258 e. The molecule has 0 unspecified atom stereocenters. The number of nitrogens with one attached hydrogen (secondary N) is 1. The lowest BCUT2D eigenvalue weighted by molar-refractivity contribution is -0.130. The van der Waals surface area contributed by atoms with Gasteiger partial charge in [0.05, 0.1) is 6.54 Å². The van der Waals surface area contributed by atoms with Crippen LogP contribution >= 0.6 is 0 Å². The summed E-state index contributed by atoms with van der Waals surface area (Å²) in [4.78, 5) is 28.9. The van der Waals surface area contributed by atoms with Crippen LogP contribution in [-0.2, 0) is 4.79 Å². The van der Waals surface area contributed by atoms with Gasteiger partial charge in [-0.2, -0.15) is 0 Å². The molecule has 2 aromatic rings. The summed E-state index contributed by atoms with van der Waals surface area (Å²) < 4.78 is 0. The summed E-state index contributed by atoms with van der Waals surface area (Å²) in [5.74, 6) is 0.0700. The number of amides is 2. The Hall–Kier alpha value is -2.82. The monoisotopic (exact) mass is 365 g/mol. The number of nitrogens with zero attached hydrogens (tertiary/aromatic N) is 2. The second-order valence-electron chi connectivity index (χ2n) is 6.76. The normalized spacial score (nSPS) is 13.9. The predicted molar refractivity (Wildman–Crippen MR) is 109 cm³/mol. The van der Waals surface area contributed by atoms with E-state index in [4.69, 9.17) is 0 Å². The standard InChI is InChI=1S/C22H27N3O2/c1-2-25(20-12-5-3-6-13-20)22(27)18-10-9-11-19(16-18)23-17-21(26)24-14-7-4-8-15-24/h3,5-6,9-13,16,23H,2,4,7-8,14-15,17H2,1H3. The van der Waals surface area contributed by atoms with E-state index in [2.05, 4.69) is 5.32 Å². The fourth-order valence-corrected chi connectivity index (χ4v) is 3.40. The molecule has 0 bridgehead atoms.